The lowest BCUT2D eigenvalue weighted by Crippen LogP contribution is -2.16. The first-order chi connectivity index (χ1) is 5.29. The molecule has 0 heterocycles. The monoisotopic (exact) mass is 151 g/mol. The molecule has 3 atom stereocenters. The largest absolute Gasteiger partial charge is 0.303 e. The highest BCUT2D eigenvalue weighted by atomic mass is 16.1. The fourth-order valence-electron chi connectivity index (χ4n) is 1.88. The highest BCUT2D eigenvalue weighted by Gasteiger charge is 2.30. The van der Waals surface area contributed by atoms with Crippen LogP contribution < -0.4 is 0 Å². The quantitative estimate of drug-likeness (QED) is 0.564. The van der Waals surface area contributed by atoms with E-state index >= 15 is 0 Å². The number of nitrogens with zero attached hydrogens (tertiary/aromatic N) is 1. The second kappa shape index (κ2) is 3.52. The molecule has 1 aliphatic rings. The van der Waals surface area contributed by atoms with Gasteiger partial charge in [-0.3, -0.25) is 0 Å². The fourth-order valence-corrected chi connectivity index (χ4v) is 1.88. The second-order valence-electron chi connectivity index (χ2n) is 3.33. The van der Waals surface area contributed by atoms with Gasteiger partial charge in [0.15, 0.2) is 0 Å². The smallest absolute Gasteiger partial charge is 0.123 e. The number of aldehydes is 1. The number of rotatable bonds is 2. The molecule has 3 unspecified atom stereocenters. The Hall–Kier alpha value is -0.840. The van der Waals surface area contributed by atoms with E-state index < -0.39 is 0 Å². The zero-order chi connectivity index (χ0) is 8.27. The van der Waals surface area contributed by atoms with Gasteiger partial charge in [-0.05, 0) is 18.8 Å². The van der Waals surface area contributed by atoms with Crippen LogP contribution in [0.1, 0.15) is 26.2 Å². The Morgan fingerprint density at radius 1 is 1.64 bits per heavy atom. The van der Waals surface area contributed by atoms with Crippen molar-refractivity contribution in [3.8, 4) is 6.07 Å². The molecule has 0 aromatic heterocycles. The van der Waals surface area contributed by atoms with Gasteiger partial charge in [0, 0.05) is 11.8 Å². The Balaban J connectivity index is 2.57. The Bertz CT molecular complexity index is 182. The predicted octanol–water partition coefficient (Wildman–Crippen LogP) is 1.76. The number of hydrogen-bond donors (Lipinski definition) is 0. The SMILES string of the molecule is CC(C=O)C1CCCC1C#N. The van der Waals surface area contributed by atoms with Gasteiger partial charge in [-0.15, -0.1) is 0 Å². The van der Waals surface area contributed by atoms with Gasteiger partial charge in [0.05, 0.1) is 6.07 Å². The minimum Gasteiger partial charge on any atom is -0.303 e. The summed E-state index contributed by atoms with van der Waals surface area (Å²) in [6.45, 7) is 1.91. The van der Waals surface area contributed by atoms with Crippen LogP contribution in [-0.4, -0.2) is 6.29 Å². The van der Waals surface area contributed by atoms with Crippen LogP contribution in [0.2, 0.25) is 0 Å². The Labute approximate surface area is 67.2 Å². The molecule has 1 fully saturated rings. The van der Waals surface area contributed by atoms with Crippen molar-refractivity contribution in [2.75, 3.05) is 0 Å². The third-order valence-corrected chi connectivity index (χ3v) is 2.63. The Morgan fingerprint density at radius 3 is 2.91 bits per heavy atom. The maximum atomic E-state index is 10.4. The van der Waals surface area contributed by atoms with Crippen molar-refractivity contribution in [2.24, 2.45) is 17.8 Å². The molecule has 0 aliphatic heterocycles. The molecule has 2 nitrogen and oxygen atoms in total. The van der Waals surface area contributed by atoms with Crippen molar-refractivity contribution >= 4 is 6.29 Å². The molecular formula is C9H13NO. The van der Waals surface area contributed by atoms with Crippen molar-refractivity contribution < 1.29 is 4.79 Å². The fraction of sp³-hybridized carbons (Fsp3) is 0.778. The molecule has 0 amide bonds. The molecule has 0 spiro atoms. The van der Waals surface area contributed by atoms with E-state index in [9.17, 15) is 4.79 Å². The van der Waals surface area contributed by atoms with Crippen molar-refractivity contribution in [3.05, 3.63) is 0 Å². The van der Waals surface area contributed by atoms with Crippen LogP contribution in [0.5, 0.6) is 0 Å². The first-order valence-corrected chi connectivity index (χ1v) is 4.14. The molecule has 0 bridgehead atoms. The van der Waals surface area contributed by atoms with Gasteiger partial charge in [0.25, 0.3) is 0 Å². The van der Waals surface area contributed by atoms with E-state index in [2.05, 4.69) is 6.07 Å². The molecule has 2 heteroatoms. The molecule has 0 saturated heterocycles. The molecule has 1 aliphatic carbocycles. The van der Waals surface area contributed by atoms with Crippen LogP contribution in [-0.2, 0) is 4.79 Å². The van der Waals surface area contributed by atoms with Crippen molar-refractivity contribution in [1.82, 2.24) is 0 Å². The van der Waals surface area contributed by atoms with E-state index in [1.54, 1.807) is 0 Å². The maximum Gasteiger partial charge on any atom is 0.123 e. The zero-order valence-electron chi connectivity index (χ0n) is 6.79. The number of hydrogen-bond acceptors (Lipinski definition) is 2. The van der Waals surface area contributed by atoms with Crippen LogP contribution in [0.15, 0.2) is 0 Å². The summed E-state index contributed by atoms with van der Waals surface area (Å²) in [6, 6.07) is 2.27. The highest BCUT2D eigenvalue weighted by Crippen LogP contribution is 2.35. The van der Waals surface area contributed by atoms with E-state index in [0.29, 0.717) is 5.92 Å². The van der Waals surface area contributed by atoms with Crippen LogP contribution >= 0.6 is 0 Å². The van der Waals surface area contributed by atoms with E-state index in [0.717, 1.165) is 25.5 Å². The van der Waals surface area contributed by atoms with Gasteiger partial charge in [-0.1, -0.05) is 13.3 Å². The molecule has 0 aromatic carbocycles. The normalized spacial score (nSPS) is 32.7. The first kappa shape index (κ1) is 8.26. The van der Waals surface area contributed by atoms with Crippen LogP contribution in [0.4, 0.5) is 0 Å². The van der Waals surface area contributed by atoms with Gasteiger partial charge >= 0.3 is 0 Å². The molecule has 0 N–H and O–H groups in total. The van der Waals surface area contributed by atoms with E-state index in [4.69, 9.17) is 5.26 Å². The van der Waals surface area contributed by atoms with E-state index in [-0.39, 0.29) is 11.8 Å². The zero-order valence-corrected chi connectivity index (χ0v) is 6.79. The third-order valence-electron chi connectivity index (χ3n) is 2.63. The molecular weight excluding hydrogens is 138 g/mol. The summed E-state index contributed by atoms with van der Waals surface area (Å²) in [5.41, 5.74) is 0. The van der Waals surface area contributed by atoms with Crippen LogP contribution in [0.3, 0.4) is 0 Å². The van der Waals surface area contributed by atoms with E-state index in [1.807, 2.05) is 6.92 Å². The average molecular weight is 151 g/mol. The summed E-state index contributed by atoms with van der Waals surface area (Å²) in [5, 5.41) is 8.71. The lowest BCUT2D eigenvalue weighted by Gasteiger charge is -2.15. The summed E-state index contributed by atoms with van der Waals surface area (Å²) < 4.78 is 0. The summed E-state index contributed by atoms with van der Waals surface area (Å²) in [6.07, 6.45) is 4.12. The minimum atomic E-state index is 0.0714. The third kappa shape index (κ3) is 1.59. The summed E-state index contributed by atoms with van der Waals surface area (Å²) in [5.74, 6) is 0.537. The number of carbonyl (C=O) groups excluding carboxylic acids is 1. The molecule has 11 heavy (non-hydrogen) atoms. The molecule has 1 rings (SSSR count). The number of nitriles is 1. The lowest BCUT2D eigenvalue weighted by atomic mass is 9.87. The summed E-state index contributed by atoms with van der Waals surface area (Å²) >= 11 is 0. The summed E-state index contributed by atoms with van der Waals surface area (Å²) in [7, 11) is 0. The van der Waals surface area contributed by atoms with Crippen molar-refractivity contribution in [2.45, 2.75) is 26.2 Å². The van der Waals surface area contributed by atoms with Gasteiger partial charge < -0.3 is 4.79 Å². The summed E-state index contributed by atoms with van der Waals surface area (Å²) in [4.78, 5) is 10.4. The molecule has 1 saturated carbocycles. The standard InChI is InChI=1S/C9H13NO/c1-7(6-11)9-4-2-3-8(9)5-10/h6-9H,2-4H2,1H3. The van der Waals surface area contributed by atoms with Crippen molar-refractivity contribution in [3.63, 3.8) is 0 Å². The topological polar surface area (TPSA) is 40.9 Å². The van der Waals surface area contributed by atoms with Gasteiger partial charge in [0.1, 0.15) is 6.29 Å². The first-order valence-electron chi connectivity index (χ1n) is 4.14. The Morgan fingerprint density at radius 2 is 2.36 bits per heavy atom. The lowest BCUT2D eigenvalue weighted by molar-refractivity contribution is -0.112. The van der Waals surface area contributed by atoms with Gasteiger partial charge in [0.2, 0.25) is 0 Å². The minimum absolute atomic E-state index is 0.0714. The predicted molar refractivity (Wildman–Crippen MR) is 41.7 cm³/mol. The van der Waals surface area contributed by atoms with Crippen LogP contribution in [0.25, 0.3) is 0 Å². The highest BCUT2D eigenvalue weighted by molar-refractivity contribution is 5.53. The number of carbonyl (C=O) groups is 1. The molecule has 0 radical (unpaired) electrons. The molecule has 60 valence electrons. The Kier molecular flexibility index (Phi) is 2.64. The van der Waals surface area contributed by atoms with E-state index in [1.165, 1.54) is 0 Å². The van der Waals surface area contributed by atoms with Crippen molar-refractivity contribution in [1.29, 1.82) is 5.26 Å². The van der Waals surface area contributed by atoms with Gasteiger partial charge in [-0.2, -0.15) is 5.26 Å². The van der Waals surface area contributed by atoms with Gasteiger partial charge in [-0.25, -0.2) is 0 Å². The maximum absolute atomic E-state index is 10.4. The molecule has 0 aromatic rings. The average Bonchev–Trinajstić information content (AvgIpc) is 2.50. The second-order valence-corrected chi connectivity index (χ2v) is 3.33. The van der Waals surface area contributed by atoms with Crippen LogP contribution in [0, 0.1) is 29.1 Å².